The van der Waals surface area contributed by atoms with Gasteiger partial charge in [-0.1, -0.05) is 30.3 Å². The molecule has 0 saturated carbocycles. The van der Waals surface area contributed by atoms with E-state index >= 15 is 0 Å². The minimum Gasteiger partial charge on any atom is -0.507 e. The number of ether oxygens (including phenoxy) is 1. The van der Waals surface area contributed by atoms with Crippen molar-refractivity contribution < 1.29 is 19.4 Å². The maximum Gasteiger partial charge on any atom is 0.300 e. The molecule has 0 aliphatic carbocycles. The van der Waals surface area contributed by atoms with Gasteiger partial charge in [0.05, 0.1) is 18.2 Å². The number of carbonyl (C=O) groups is 2. The summed E-state index contributed by atoms with van der Waals surface area (Å²) in [7, 11) is 3.89. The molecule has 4 rings (SSSR count). The van der Waals surface area contributed by atoms with Crippen LogP contribution < -0.4 is 14.5 Å². The van der Waals surface area contributed by atoms with Crippen molar-refractivity contribution in [3.05, 3.63) is 94.6 Å². The second kappa shape index (κ2) is 9.66. The molecular weight excluding hydrogens is 440 g/mol. The van der Waals surface area contributed by atoms with Crippen LogP contribution in [0.4, 0.5) is 11.4 Å². The van der Waals surface area contributed by atoms with Crippen LogP contribution in [0.2, 0.25) is 0 Å². The smallest absolute Gasteiger partial charge is 0.300 e. The fraction of sp³-hybridized carbons (Fsp3) is 0.241. The lowest BCUT2D eigenvalue weighted by molar-refractivity contribution is -0.132. The molecule has 1 aliphatic heterocycles. The lowest BCUT2D eigenvalue weighted by Gasteiger charge is -2.26. The van der Waals surface area contributed by atoms with Gasteiger partial charge in [0, 0.05) is 37.1 Å². The van der Waals surface area contributed by atoms with Crippen LogP contribution in [0.15, 0.2) is 72.3 Å². The fourth-order valence-electron chi connectivity index (χ4n) is 4.30. The van der Waals surface area contributed by atoms with Gasteiger partial charge in [0.15, 0.2) is 0 Å². The highest BCUT2D eigenvalue weighted by Crippen LogP contribution is 2.43. The van der Waals surface area contributed by atoms with Gasteiger partial charge in [0.2, 0.25) is 0 Å². The summed E-state index contributed by atoms with van der Waals surface area (Å²) < 4.78 is 5.63. The SMILES string of the molecule is CCOc1cccc(N2C(=O)C(=O)/C(=C(/O)c3ccc(C)c(C)c3)C2c2ccc(N(C)C)cc2)c1. The second-order valence-electron chi connectivity index (χ2n) is 8.88. The Bertz CT molecular complexity index is 1310. The maximum atomic E-state index is 13.4. The van der Waals surface area contributed by atoms with E-state index in [-0.39, 0.29) is 11.3 Å². The van der Waals surface area contributed by atoms with Crippen molar-refractivity contribution in [1.82, 2.24) is 0 Å². The van der Waals surface area contributed by atoms with Gasteiger partial charge in [-0.15, -0.1) is 0 Å². The summed E-state index contributed by atoms with van der Waals surface area (Å²) in [6.07, 6.45) is 0. The third-order valence-electron chi connectivity index (χ3n) is 6.36. The number of benzene rings is 3. The van der Waals surface area contributed by atoms with E-state index < -0.39 is 17.7 Å². The highest BCUT2D eigenvalue weighted by atomic mass is 16.5. The van der Waals surface area contributed by atoms with E-state index in [4.69, 9.17) is 4.74 Å². The van der Waals surface area contributed by atoms with Crippen LogP contribution in [-0.2, 0) is 9.59 Å². The van der Waals surface area contributed by atoms with Gasteiger partial charge in [-0.3, -0.25) is 14.5 Å². The minimum atomic E-state index is -0.787. The molecule has 3 aromatic carbocycles. The van der Waals surface area contributed by atoms with Crippen LogP contribution in [0.5, 0.6) is 5.75 Å². The molecule has 6 nitrogen and oxygen atoms in total. The molecule has 0 aromatic heterocycles. The molecule has 1 heterocycles. The number of nitrogens with zero attached hydrogens (tertiary/aromatic N) is 2. The number of aliphatic hydroxyl groups excluding tert-OH is 1. The van der Waals surface area contributed by atoms with E-state index in [2.05, 4.69) is 0 Å². The summed E-state index contributed by atoms with van der Waals surface area (Å²) >= 11 is 0. The summed E-state index contributed by atoms with van der Waals surface area (Å²) in [5.41, 5.74) is 4.87. The highest BCUT2D eigenvalue weighted by molar-refractivity contribution is 6.51. The Morgan fingerprint density at radius 3 is 2.31 bits per heavy atom. The summed E-state index contributed by atoms with van der Waals surface area (Å²) in [5, 5.41) is 11.3. The molecule has 1 amide bonds. The van der Waals surface area contributed by atoms with Crippen molar-refractivity contribution >= 4 is 28.8 Å². The average Bonchev–Trinajstić information content (AvgIpc) is 3.11. The Balaban J connectivity index is 1.92. The number of amides is 1. The van der Waals surface area contributed by atoms with Crippen molar-refractivity contribution in [3.8, 4) is 5.75 Å². The molecule has 35 heavy (non-hydrogen) atoms. The number of hydrogen-bond acceptors (Lipinski definition) is 5. The van der Waals surface area contributed by atoms with Gasteiger partial charge in [-0.05, 0) is 67.8 Å². The van der Waals surface area contributed by atoms with Crippen LogP contribution >= 0.6 is 0 Å². The zero-order valence-corrected chi connectivity index (χ0v) is 20.7. The van der Waals surface area contributed by atoms with Gasteiger partial charge in [0.1, 0.15) is 11.5 Å². The quantitative estimate of drug-likeness (QED) is 0.297. The largest absolute Gasteiger partial charge is 0.507 e. The van der Waals surface area contributed by atoms with Gasteiger partial charge in [0.25, 0.3) is 11.7 Å². The minimum absolute atomic E-state index is 0.0673. The molecule has 0 bridgehead atoms. The predicted molar refractivity (Wildman–Crippen MR) is 139 cm³/mol. The Morgan fingerprint density at radius 2 is 1.69 bits per heavy atom. The van der Waals surface area contributed by atoms with Gasteiger partial charge in [-0.25, -0.2) is 0 Å². The zero-order valence-electron chi connectivity index (χ0n) is 20.7. The Morgan fingerprint density at radius 1 is 0.971 bits per heavy atom. The number of rotatable bonds is 6. The molecular formula is C29H30N2O4. The number of aryl methyl sites for hydroxylation is 2. The van der Waals surface area contributed by atoms with Gasteiger partial charge >= 0.3 is 0 Å². The summed E-state index contributed by atoms with van der Waals surface area (Å²) in [6, 6.07) is 19.5. The zero-order chi connectivity index (χ0) is 25.3. The van der Waals surface area contributed by atoms with Crippen LogP contribution in [0.25, 0.3) is 5.76 Å². The summed E-state index contributed by atoms with van der Waals surface area (Å²) in [4.78, 5) is 30.2. The van der Waals surface area contributed by atoms with Gasteiger partial charge < -0.3 is 14.7 Å². The lowest BCUT2D eigenvalue weighted by atomic mass is 9.94. The van der Waals surface area contributed by atoms with Crippen molar-refractivity contribution in [1.29, 1.82) is 0 Å². The average molecular weight is 471 g/mol. The van der Waals surface area contributed by atoms with Gasteiger partial charge in [-0.2, -0.15) is 0 Å². The number of anilines is 2. The van der Waals surface area contributed by atoms with Crippen LogP contribution in [-0.4, -0.2) is 37.5 Å². The Hall–Kier alpha value is -4.06. The molecule has 6 heteroatoms. The number of Topliss-reactive ketones (excluding diaryl/α,β-unsaturated/α-hetero) is 1. The molecule has 1 saturated heterocycles. The topological polar surface area (TPSA) is 70.1 Å². The van der Waals surface area contributed by atoms with Crippen LogP contribution in [0.1, 0.15) is 35.2 Å². The van der Waals surface area contributed by atoms with E-state index in [1.54, 1.807) is 30.3 Å². The van der Waals surface area contributed by atoms with Crippen LogP contribution in [0.3, 0.4) is 0 Å². The molecule has 0 spiro atoms. The van der Waals surface area contributed by atoms with Crippen molar-refractivity contribution in [3.63, 3.8) is 0 Å². The van der Waals surface area contributed by atoms with Crippen LogP contribution in [0, 0.1) is 13.8 Å². The van der Waals surface area contributed by atoms with E-state index in [1.165, 1.54) is 4.90 Å². The number of carbonyl (C=O) groups excluding carboxylic acids is 2. The van der Waals surface area contributed by atoms with E-state index in [0.717, 1.165) is 22.4 Å². The Kier molecular flexibility index (Phi) is 6.65. The first-order valence-electron chi connectivity index (χ1n) is 11.6. The third kappa shape index (κ3) is 4.52. The fourth-order valence-corrected chi connectivity index (χ4v) is 4.30. The first-order valence-corrected chi connectivity index (χ1v) is 11.6. The Labute approximate surface area is 206 Å². The standard InChI is InChI=1S/C29H30N2O4/c1-6-35-24-9-7-8-23(17-24)31-26(20-12-14-22(15-13-20)30(4)5)25(28(33)29(31)34)27(32)21-11-10-18(2)19(3)16-21/h7-17,26,32H,6H2,1-5H3/b27-25+. The molecule has 0 radical (unpaired) electrons. The van der Waals surface area contributed by atoms with Crippen molar-refractivity contribution in [2.75, 3.05) is 30.5 Å². The molecule has 180 valence electrons. The normalized spacial score (nSPS) is 17.1. The first-order chi connectivity index (χ1) is 16.7. The molecule has 1 aliphatic rings. The number of ketones is 1. The predicted octanol–water partition coefficient (Wildman–Crippen LogP) is 5.39. The molecule has 3 aromatic rings. The monoisotopic (exact) mass is 470 g/mol. The number of aliphatic hydroxyl groups is 1. The third-order valence-corrected chi connectivity index (χ3v) is 6.36. The molecule has 1 N–H and O–H groups in total. The van der Waals surface area contributed by atoms with Crippen molar-refractivity contribution in [2.24, 2.45) is 0 Å². The van der Waals surface area contributed by atoms with Crippen molar-refractivity contribution in [2.45, 2.75) is 26.8 Å². The van der Waals surface area contributed by atoms with E-state index in [1.807, 2.05) is 76.2 Å². The summed E-state index contributed by atoms with van der Waals surface area (Å²) in [6.45, 7) is 6.29. The first kappa shape index (κ1) is 24.1. The van der Waals surface area contributed by atoms with E-state index in [9.17, 15) is 14.7 Å². The lowest BCUT2D eigenvalue weighted by Crippen LogP contribution is -2.29. The molecule has 1 fully saturated rings. The molecule has 1 atom stereocenters. The number of hydrogen-bond donors (Lipinski definition) is 1. The summed E-state index contributed by atoms with van der Waals surface area (Å²) in [5.74, 6) is -0.991. The van der Waals surface area contributed by atoms with E-state index in [0.29, 0.717) is 23.6 Å². The highest BCUT2D eigenvalue weighted by Gasteiger charge is 2.47. The second-order valence-corrected chi connectivity index (χ2v) is 8.88. The maximum absolute atomic E-state index is 13.4. The molecule has 1 unspecified atom stereocenters.